The van der Waals surface area contributed by atoms with E-state index >= 15 is 0 Å². The van der Waals surface area contributed by atoms with Gasteiger partial charge in [0, 0.05) is 27.6 Å². The molecule has 0 unspecified atom stereocenters. The number of rotatable bonds is 4. The summed E-state index contributed by atoms with van der Waals surface area (Å²) in [5.74, 6) is -0.255. The molecule has 0 saturated carbocycles. The van der Waals surface area contributed by atoms with Crippen LogP contribution in [0, 0.1) is 0 Å². The summed E-state index contributed by atoms with van der Waals surface area (Å²) in [7, 11) is 0. The van der Waals surface area contributed by atoms with Gasteiger partial charge in [0.15, 0.2) is 0 Å². The normalized spacial score (nSPS) is 10.9. The second-order valence-electron chi connectivity index (χ2n) is 7.04. The van der Waals surface area contributed by atoms with Crippen LogP contribution in [0.2, 0.25) is 5.02 Å². The number of benzene rings is 3. The van der Waals surface area contributed by atoms with Crippen LogP contribution < -0.4 is 10.9 Å². The fraction of sp³-hybridized carbons (Fsp3) is 0. The minimum atomic E-state index is -0.255. The minimum Gasteiger partial charge on any atom is -0.298 e. The van der Waals surface area contributed by atoms with Crippen LogP contribution in [-0.4, -0.2) is 15.9 Å². The molecule has 2 heterocycles. The molecule has 150 valence electrons. The van der Waals surface area contributed by atoms with Crippen LogP contribution in [0.25, 0.3) is 33.1 Å². The number of para-hydroxylation sites is 1. The summed E-state index contributed by atoms with van der Waals surface area (Å²) >= 11 is 6.06. The average Bonchev–Trinajstić information content (AvgIpc) is 2.82. The van der Waals surface area contributed by atoms with Crippen molar-refractivity contribution < 1.29 is 4.79 Å². The highest BCUT2D eigenvalue weighted by molar-refractivity contribution is 6.31. The first-order chi connectivity index (χ1) is 15.2. The fourth-order valence-corrected chi connectivity index (χ4v) is 3.71. The van der Waals surface area contributed by atoms with Gasteiger partial charge in [0.25, 0.3) is 5.91 Å². The summed E-state index contributed by atoms with van der Waals surface area (Å²) in [6, 6.07) is 26.5. The molecule has 2 N–H and O–H groups in total. The van der Waals surface area contributed by atoms with Crippen LogP contribution in [0.4, 0.5) is 5.69 Å². The molecule has 0 aliphatic rings. The summed E-state index contributed by atoms with van der Waals surface area (Å²) in [5.41, 5.74) is 10.3. The van der Waals surface area contributed by atoms with E-state index in [9.17, 15) is 4.79 Å². The number of carbonyl (C=O) groups is 1. The van der Waals surface area contributed by atoms with Crippen LogP contribution in [0.5, 0.6) is 0 Å². The first-order valence-electron chi connectivity index (χ1n) is 9.75. The standard InChI is InChI=1S/C25H17ClN4O/c26-17-10-11-19-22(12-13-27-24(19)14-17)29-30-25(31)20-15-23(16-6-2-1-3-7-16)28-21-9-5-4-8-18(20)21/h1-15H,(H,27,29)(H,30,31). The van der Waals surface area contributed by atoms with Gasteiger partial charge >= 0.3 is 0 Å². The molecule has 31 heavy (non-hydrogen) atoms. The topological polar surface area (TPSA) is 66.9 Å². The highest BCUT2D eigenvalue weighted by Gasteiger charge is 2.14. The lowest BCUT2D eigenvalue weighted by Gasteiger charge is -2.13. The molecule has 0 atom stereocenters. The molecular weight excluding hydrogens is 408 g/mol. The van der Waals surface area contributed by atoms with Gasteiger partial charge in [-0.3, -0.25) is 20.6 Å². The van der Waals surface area contributed by atoms with Crippen molar-refractivity contribution in [3.8, 4) is 11.3 Å². The van der Waals surface area contributed by atoms with E-state index in [2.05, 4.69) is 15.8 Å². The lowest BCUT2D eigenvalue weighted by Crippen LogP contribution is -2.29. The predicted molar refractivity (Wildman–Crippen MR) is 125 cm³/mol. The van der Waals surface area contributed by atoms with Crippen molar-refractivity contribution in [3.05, 3.63) is 102 Å². The van der Waals surface area contributed by atoms with Gasteiger partial charge in [0.2, 0.25) is 0 Å². The van der Waals surface area contributed by atoms with Gasteiger partial charge in [-0.05, 0) is 36.4 Å². The molecule has 5 aromatic rings. The highest BCUT2D eigenvalue weighted by Crippen LogP contribution is 2.26. The molecule has 5 rings (SSSR count). The Morgan fingerprint density at radius 1 is 0.806 bits per heavy atom. The smallest absolute Gasteiger partial charge is 0.270 e. The third kappa shape index (κ3) is 3.79. The van der Waals surface area contributed by atoms with Crippen molar-refractivity contribution in [2.75, 3.05) is 5.43 Å². The number of hydrazine groups is 1. The summed E-state index contributed by atoms with van der Waals surface area (Å²) in [5, 5.41) is 2.25. The Hall–Kier alpha value is -3.96. The number of aromatic nitrogens is 2. The molecule has 0 aliphatic carbocycles. The van der Waals surface area contributed by atoms with Crippen molar-refractivity contribution in [2.45, 2.75) is 0 Å². The monoisotopic (exact) mass is 424 g/mol. The number of carbonyl (C=O) groups excluding carboxylic acids is 1. The number of halogens is 1. The number of hydrogen-bond donors (Lipinski definition) is 2. The third-order valence-electron chi connectivity index (χ3n) is 5.05. The van der Waals surface area contributed by atoms with E-state index in [1.54, 1.807) is 24.4 Å². The van der Waals surface area contributed by atoms with Gasteiger partial charge in [-0.1, -0.05) is 60.1 Å². The largest absolute Gasteiger partial charge is 0.298 e. The number of fused-ring (bicyclic) bond motifs is 2. The molecule has 3 aromatic carbocycles. The van der Waals surface area contributed by atoms with E-state index in [0.717, 1.165) is 38.8 Å². The van der Waals surface area contributed by atoms with Gasteiger partial charge in [-0.2, -0.15) is 0 Å². The SMILES string of the molecule is O=C(NNc1ccnc2cc(Cl)ccc12)c1cc(-c2ccccc2)nc2ccccc12. The number of amides is 1. The summed E-state index contributed by atoms with van der Waals surface area (Å²) in [4.78, 5) is 22.2. The van der Waals surface area contributed by atoms with Gasteiger partial charge in [0.05, 0.1) is 28.0 Å². The number of hydrogen-bond acceptors (Lipinski definition) is 4. The maximum absolute atomic E-state index is 13.2. The second-order valence-corrected chi connectivity index (χ2v) is 7.47. The molecule has 2 aromatic heterocycles. The zero-order valence-corrected chi connectivity index (χ0v) is 17.1. The third-order valence-corrected chi connectivity index (χ3v) is 5.28. The Balaban J connectivity index is 1.50. The Kier molecular flexibility index (Phi) is 4.94. The zero-order valence-electron chi connectivity index (χ0n) is 16.3. The van der Waals surface area contributed by atoms with Gasteiger partial charge in [0.1, 0.15) is 0 Å². The zero-order chi connectivity index (χ0) is 21.2. The van der Waals surface area contributed by atoms with Gasteiger partial charge in [-0.15, -0.1) is 0 Å². The Morgan fingerprint density at radius 3 is 2.48 bits per heavy atom. The minimum absolute atomic E-state index is 0.255. The number of nitrogens with zero attached hydrogens (tertiary/aromatic N) is 2. The number of nitrogens with one attached hydrogen (secondary N) is 2. The Bertz CT molecular complexity index is 1420. The van der Waals surface area contributed by atoms with Crippen molar-refractivity contribution in [2.24, 2.45) is 0 Å². The molecule has 0 spiro atoms. The van der Waals surface area contributed by atoms with Crippen LogP contribution in [0.3, 0.4) is 0 Å². The molecule has 0 saturated heterocycles. The van der Waals surface area contributed by atoms with Crippen LogP contribution in [0.1, 0.15) is 10.4 Å². The van der Waals surface area contributed by atoms with E-state index in [0.29, 0.717) is 10.6 Å². The van der Waals surface area contributed by atoms with E-state index in [4.69, 9.17) is 16.6 Å². The fourth-order valence-electron chi connectivity index (χ4n) is 3.54. The predicted octanol–water partition coefficient (Wildman–Crippen LogP) is 5.86. The quantitative estimate of drug-likeness (QED) is 0.354. The van der Waals surface area contributed by atoms with Crippen LogP contribution in [-0.2, 0) is 0 Å². The Labute approximate surface area is 183 Å². The summed E-state index contributed by atoms with van der Waals surface area (Å²) in [6.07, 6.45) is 1.67. The first-order valence-corrected chi connectivity index (χ1v) is 10.1. The highest BCUT2D eigenvalue weighted by atomic mass is 35.5. The molecule has 0 bridgehead atoms. The number of pyridine rings is 2. The van der Waals surface area contributed by atoms with Gasteiger partial charge in [-0.25, -0.2) is 4.98 Å². The molecule has 5 nitrogen and oxygen atoms in total. The van der Waals surface area contributed by atoms with Crippen molar-refractivity contribution >= 4 is 45.0 Å². The maximum atomic E-state index is 13.2. The van der Waals surface area contributed by atoms with Gasteiger partial charge < -0.3 is 0 Å². The molecular formula is C25H17ClN4O. The molecule has 0 fully saturated rings. The number of anilines is 1. The average molecular weight is 425 g/mol. The summed E-state index contributed by atoms with van der Waals surface area (Å²) < 4.78 is 0. The molecule has 0 radical (unpaired) electrons. The van der Waals surface area contributed by atoms with Crippen molar-refractivity contribution in [1.29, 1.82) is 0 Å². The van der Waals surface area contributed by atoms with Crippen molar-refractivity contribution in [1.82, 2.24) is 15.4 Å². The Morgan fingerprint density at radius 2 is 1.61 bits per heavy atom. The molecule has 1 amide bonds. The first kappa shape index (κ1) is 19.0. The van der Waals surface area contributed by atoms with E-state index < -0.39 is 0 Å². The molecule has 6 heteroatoms. The van der Waals surface area contributed by atoms with Crippen molar-refractivity contribution in [3.63, 3.8) is 0 Å². The lowest BCUT2D eigenvalue weighted by molar-refractivity contribution is 0.0964. The van der Waals surface area contributed by atoms with Crippen LogP contribution >= 0.6 is 11.6 Å². The molecule has 0 aliphatic heterocycles. The van der Waals surface area contributed by atoms with E-state index in [1.165, 1.54) is 0 Å². The van der Waals surface area contributed by atoms with Crippen LogP contribution in [0.15, 0.2) is 91.1 Å². The van der Waals surface area contributed by atoms with E-state index in [-0.39, 0.29) is 5.91 Å². The van der Waals surface area contributed by atoms with E-state index in [1.807, 2.05) is 66.7 Å². The second kappa shape index (κ2) is 8.05. The lowest BCUT2D eigenvalue weighted by atomic mass is 10.0. The summed E-state index contributed by atoms with van der Waals surface area (Å²) in [6.45, 7) is 0. The maximum Gasteiger partial charge on any atom is 0.270 e.